The van der Waals surface area contributed by atoms with Gasteiger partial charge in [0.2, 0.25) is 0 Å². The first-order valence-corrected chi connectivity index (χ1v) is 7.67. The fraction of sp³-hybridized carbons (Fsp3) is 0.733. The Morgan fingerprint density at radius 3 is 2.73 bits per heavy atom. The number of aromatic nitrogens is 2. The van der Waals surface area contributed by atoms with Crippen molar-refractivity contribution in [2.75, 3.05) is 26.7 Å². The molecule has 126 valence electrons. The summed E-state index contributed by atoms with van der Waals surface area (Å²) < 4.78 is 7.54. The van der Waals surface area contributed by atoms with E-state index < -0.39 is 0 Å². The molecule has 2 N–H and O–H groups in total. The molecule has 0 bridgehead atoms. The first-order valence-electron chi connectivity index (χ1n) is 7.67. The second-order valence-corrected chi connectivity index (χ2v) is 5.54. The second-order valence-electron chi connectivity index (χ2n) is 5.54. The van der Waals surface area contributed by atoms with Crippen molar-refractivity contribution in [2.45, 2.75) is 39.2 Å². The summed E-state index contributed by atoms with van der Waals surface area (Å²) in [5, 5.41) is 11.1. The minimum atomic E-state index is 0. The van der Waals surface area contributed by atoms with Crippen LogP contribution < -0.4 is 10.6 Å². The first-order chi connectivity index (χ1) is 10.1. The average molecular weight is 421 g/mol. The second kappa shape index (κ2) is 9.34. The zero-order chi connectivity index (χ0) is 15.2. The van der Waals surface area contributed by atoms with Gasteiger partial charge in [-0.3, -0.25) is 9.67 Å². The van der Waals surface area contributed by atoms with Gasteiger partial charge in [0.05, 0.1) is 11.8 Å². The zero-order valence-electron chi connectivity index (χ0n) is 14.0. The third-order valence-electron chi connectivity index (χ3n) is 4.07. The van der Waals surface area contributed by atoms with Crippen LogP contribution in [0.15, 0.2) is 4.99 Å². The van der Waals surface area contributed by atoms with E-state index in [1.54, 1.807) is 7.05 Å². The maximum atomic E-state index is 5.60. The molecule has 2 rings (SSSR count). The summed E-state index contributed by atoms with van der Waals surface area (Å²) in [7, 11) is 3.78. The normalized spacial score (nSPS) is 18.2. The Labute approximate surface area is 150 Å². The molecule has 6 nitrogen and oxygen atoms in total. The smallest absolute Gasteiger partial charge is 0.191 e. The Balaban J connectivity index is 0.00000242. The quantitative estimate of drug-likeness (QED) is 0.430. The van der Waals surface area contributed by atoms with E-state index in [-0.39, 0.29) is 24.0 Å². The molecule has 0 aliphatic carbocycles. The lowest BCUT2D eigenvalue weighted by Gasteiger charge is -2.15. The van der Waals surface area contributed by atoms with Gasteiger partial charge in [0, 0.05) is 39.5 Å². The largest absolute Gasteiger partial charge is 0.376 e. The lowest BCUT2D eigenvalue weighted by molar-refractivity contribution is 0.114. The van der Waals surface area contributed by atoms with Crippen LogP contribution in [0.4, 0.5) is 0 Å². The van der Waals surface area contributed by atoms with E-state index in [9.17, 15) is 0 Å². The third-order valence-corrected chi connectivity index (χ3v) is 4.07. The summed E-state index contributed by atoms with van der Waals surface area (Å²) in [5.41, 5.74) is 3.66. The number of hydrogen-bond donors (Lipinski definition) is 2. The van der Waals surface area contributed by atoms with Crippen LogP contribution in [0.5, 0.6) is 0 Å². The first kappa shape index (κ1) is 19.2. The van der Waals surface area contributed by atoms with Crippen LogP contribution >= 0.6 is 24.0 Å². The van der Waals surface area contributed by atoms with Crippen LogP contribution in [0.2, 0.25) is 0 Å². The highest BCUT2D eigenvalue weighted by atomic mass is 127. The van der Waals surface area contributed by atoms with Crippen LogP contribution in [0.3, 0.4) is 0 Å². The molecule has 0 saturated carbocycles. The molecule has 1 atom stereocenters. The molecule has 0 aromatic carbocycles. The van der Waals surface area contributed by atoms with E-state index in [4.69, 9.17) is 4.74 Å². The summed E-state index contributed by atoms with van der Waals surface area (Å²) in [4.78, 5) is 4.25. The van der Waals surface area contributed by atoms with Crippen LogP contribution in [-0.4, -0.2) is 48.6 Å². The molecule has 0 radical (unpaired) electrons. The highest BCUT2D eigenvalue weighted by molar-refractivity contribution is 14.0. The lowest BCUT2D eigenvalue weighted by Crippen LogP contribution is -2.41. The van der Waals surface area contributed by atoms with E-state index in [1.165, 1.54) is 11.3 Å². The fourth-order valence-electron chi connectivity index (χ4n) is 2.72. The van der Waals surface area contributed by atoms with Crippen LogP contribution in [-0.2, 0) is 18.2 Å². The number of aliphatic imine (C=N–C) groups is 1. The monoisotopic (exact) mass is 421 g/mol. The molecule has 1 aliphatic heterocycles. The van der Waals surface area contributed by atoms with Crippen molar-refractivity contribution in [3.05, 3.63) is 17.0 Å². The summed E-state index contributed by atoms with van der Waals surface area (Å²) >= 11 is 0. The summed E-state index contributed by atoms with van der Waals surface area (Å²) in [6.45, 7) is 6.73. The standard InChI is InChI=1S/C15H27N5O.HI/c1-11-14(12(2)20(4)19-11)7-8-17-15(16-3)18-10-13-6-5-9-21-13;/h13H,5-10H2,1-4H3,(H2,16,17,18);1H. The van der Waals surface area contributed by atoms with Gasteiger partial charge < -0.3 is 15.4 Å². The molecule has 1 fully saturated rings. The molecule has 0 spiro atoms. The van der Waals surface area contributed by atoms with E-state index >= 15 is 0 Å². The number of nitrogens with one attached hydrogen (secondary N) is 2. The van der Waals surface area contributed by atoms with Gasteiger partial charge in [0.15, 0.2) is 5.96 Å². The number of hydrogen-bond acceptors (Lipinski definition) is 3. The fourth-order valence-corrected chi connectivity index (χ4v) is 2.72. The Hall–Kier alpha value is -0.830. The molecule has 2 heterocycles. The Kier molecular flexibility index (Phi) is 8.16. The summed E-state index contributed by atoms with van der Waals surface area (Å²) in [6, 6.07) is 0. The van der Waals surface area contributed by atoms with Gasteiger partial charge in [-0.2, -0.15) is 5.10 Å². The van der Waals surface area contributed by atoms with E-state index in [0.717, 1.165) is 50.6 Å². The molecular formula is C15H28IN5O. The lowest BCUT2D eigenvalue weighted by atomic mass is 10.1. The molecule has 1 aliphatic rings. The van der Waals surface area contributed by atoms with E-state index in [0.29, 0.717) is 6.10 Å². The molecule has 7 heteroatoms. The molecule has 1 aromatic rings. The predicted molar refractivity (Wildman–Crippen MR) is 100 cm³/mol. The highest BCUT2D eigenvalue weighted by Crippen LogP contribution is 2.12. The van der Waals surface area contributed by atoms with Crippen molar-refractivity contribution in [3.8, 4) is 0 Å². The number of nitrogens with zero attached hydrogens (tertiary/aromatic N) is 3. The van der Waals surface area contributed by atoms with Gasteiger partial charge in [-0.25, -0.2) is 0 Å². The molecule has 22 heavy (non-hydrogen) atoms. The molecular weight excluding hydrogens is 393 g/mol. The van der Waals surface area contributed by atoms with Crippen molar-refractivity contribution in [1.82, 2.24) is 20.4 Å². The Morgan fingerprint density at radius 2 is 2.18 bits per heavy atom. The predicted octanol–water partition coefficient (Wildman–Crippen LogP) is 1.54. The van der Waals surface area contributed by atoms with Gasteiger partial charge in [-0.1, -0.05) is 0 Å². The summed E-state index contributed by atoms with van der Waals surface area (Å²) in [6.07, 6.45) is 3.58. The van der Waals surface area contributed by atoms with Gasteiger partial charge in [0.1, 0.15) is 0 Å². The van der Waals surface area contributed by atoms with Crippen molar-refractivity contribution < 1.29 is 4.74 Å². The van der Waals surface area contributed by atoms with Gasteiger partial charge in [-0.05, 0) is 38.7 Å². The minimum Gasteiger partial charge on any atom is -0.376 e. The Morgan fingerprint density at radius 1 is 1.41 bits per heavy atom. The number of ether oxygens (including phenoxy) is 1. The van der Waals surface area contributed by atoms with Crippen molar-refractivity contribution in [3.63, 3.8) is 0 Å². The maximum Gasteiger partial charge on any atom is 0.191 e. The van der Waals surface area contributed by atoms with Crippen molar-refractivity contribution in [2.24, 2.45) is 12.0 Å². The minimum absolute atomic E-state index is 0. The van der Waals surface area contributed by atoms with Crippen LogP contribution in [0.1, 0.15) is 29.8 Å². The van der Waals surface area contributed by atoms with Gasteiger partial charge in [0.25, 0.3) is 0 Å². The molecule has 1 aromatic heterocycles. The van der Waals surface area contributed by atoms with E-state index in [2.05, 4.69) is 34.6 Å². The molecule has 1 unspecified atom stereocenters. The topological polar surface area (TPSA) is 63.5 Å². The number of rotatable bonds is 5. The van der Waals surface area contributed by atoms with Crippen molar-refractivity contribution in [1.29, 1.82) is 0 Å². The van der Waals surface area contributed by atoms with Gasteiger partial charge in [-0.15, -0.1) is 24.0 Å². The Bertz CT molecular complexity index is 494. The average Bonchev–Trinajstić information content (AvgIpc) is 3.06. The highest BCUT2D eigenvalue weighted by Gasteiger charge is 2.15. The van der Waals surface area contributed by atoms with Gasteiger partial charge >= 0.3 is 0 Å². The molecule has 0 amide bonds. The third kappa shape index (κ3) is 5.12. The summed E-state index contributed by atoms with van der Waals surface area (Å²) in [5.74, 6) is 0.838. The molecule has 1 saturated heterocycles. The van der Waals surface area contributed by atoms with Crippen molar-refractivity contribution >= 4 is 29.9 Å². The number of aryl methyl sites for hydroxylation is 2. The van der Waals surface area contributed by atoms with E-state index in [1.807, 2.05) is 11.7 Å². The SMILES string of the molecule is CN=C(NCCc1c(C)nn(C)c1C)NCC1CCCO1.I. The maximum absolute atomic E-state index is 5.60. The number of halogens is 1. The zero-order valence-corrected chi connectivity index (χ0v) is 16.3. The van der Waals surface area contributed by atoms with Crippen LogP contribution in [0, 0.1) is 13.8 Å². The number of guanidine groups is 1. The van der Waals surface area contributed by atoms with Crippen LogP contribution in [0.25, 0.3) is 0 Å².